The zero-order valence-corrected chi connectivity index (χ0v) is 22.4. The Morgan fingerprint density at radius 3 is 2.51 bits per heavy atom. The first-order chi connectivity index (χ1) is 20.0. The first-order valence-electron chi connectivity index (χ1n) is 12.5. The fourth-order valence-corrected chi connectivity index (χ4v) is 4.45. The van der Waals surface area contributed by atoms with Gasteiger partial charge in [0.25, 0.3) is 11.8 Å². The molecule has 1 heterocycles. The fraction of sp³-hybridized carbons (Fsp3) is 0.0323. The van der Waals surface area contributed by atoms with E-state index >= 15 is 0 Å². The molecule has 1 aromatic heterocycles. The van der Waals surface area contributed by atoms with Gasteiger partial charge in [-0.3, -0.25) is 9.59 Å². The number of carbonyl (C=O) groups excluding carboxylic acids is 2. The van der Waals surface area contributed by atoms with Gasteiger partial charge >= 0.3 is 0 Å². The molecule has 3 N–H and O–H groups in total. The highest BCUT2D eigenvalue weighted by molar-refractivity contribution is 7.14. The topological polar surface area (TPSA) is 105 Å². The third-order valence-electron chi connectivity index (χ3n) is 5.73. The molecule has 0 unspecified atom stereocenters. The van der Waals surface area contributed by atoms with E-state index in [-0.39, 0.29) is 18.2 Å². The molecule has 0 spiro atoms. The number of anilines is 3. The van der Waals surface area contributed by atoms with Crippen LogP contribution in [0.3, 0.4) is 0 Å². The van der Waals surface area contributed by atoms with Gasteiger partial charge in [-0.2, -0.15) is 5.10 Å². The summed E-state index contributed by atoms with van der Waals surface area (Å²) < 4.78 is 19.2. The van der Waals surface area contributed by atoms with Crippen LogP contribution in [-0.2, 0) is 4.79 Å². The quantitative estimate of drug-likeness (QED) is 0.133. The van der Waals surface area contributed by atoms with Crippen molar-refractivity contribution in [1.29, 1.82) is 0 Å². The summed E-state index contributed by atoms with van der Waals surface area (Å²) in [5, 5.41) is 12.5. The Hall–Kier alpha value is -5.35. The van der Waals surface area contributed by atoms with Crippen LogP contribution in [0.2, 0.25) is 0 Å². The van der Waals surface area contributed by atoms with E-state index in [1.54, 1.807) is 42.5 Å². The van der Waals surface area contributed by atoms with Gasteiger partial charge in [-0.05, 0) is 54.1 Å². The first kappa shape index (κ1) is 27.2. The molecule has 2 amide bonds. The average molecular weight is 566 g/mol. The maximum Gasteiger partial charge on any atom is 0.271 e. The smallest absolute Gasteiger partial charge is 0.271 e. The molecular weight excluding hydrogens is 541 g/mol. The molecule has 10 heteroatoms. The van der Waals surface area contributed by atoms with Crippen LogP contribution >= 0.6 is 11.3 Å². The Labute approximate surface area is 239 Å². The number of hydrazone groups is 1. The van der Waals surface area contributed by atoms with Gasteiger partial charge in [0.2, 0.25) is 0 Å². The summed E-state index contributed by atoms with van der Waals surface area (Å²) in [6.07, 6.45) is 1.47. The van der Waals surface area contributed by atoms with Gasteiger partial charge in [-0.1, -0.05) is 54.6 Å². The maximum atomic E-state index is 13.7. The lowest BCUT2D eigenvalue weighted by molar-refractivity contribution is -0.118. The molecule has 0 atom stereocenters. The number of nitrogens with one attached hydrogen (secondary N) is 3. The summed E-state index contributed by atoms with van der Waals surface area (Å²) >= 11 is 1.50. The number of amides is 2. The van der Waals surface area contributed by atoms with Crippen LogP contribution < -0.4 is 20.8 Å². The molecule has 0 aliphatic rings. The molecule has 8 nitrogen and oxygen atoms in total. The van der Waals surface area contributed by atoms with E-state index in [4.69, 9.17) is 4.74 Å². The van der Waals surface area contributed by atoms with Crippen molar-refractivity contribution in [2.75, 3.05) is 17.2 Å². The normalized spacial score (nSPS) is 10.8. The number of nitrogens with zero attached hydrogens (tertiary/aromatic N) is 2. The molecule has 5 aromatic rings. The molecule has 4 aromatic carbocycles. The van der Waals surface area contributed by atoms with Crippen LogP contribution in [0.15, 0.2) is 114 Å². The monoisotopic (exact) mass is 565 g/mol. The van der Waals surface area contributed by atoms with Gasteiger partial charge in [0.05, 0.1) is 17.6 Å². The Morgan fingerprint density at radius 2 is 1.71 bits per heavy atom. The standard InChI is InChI=1S/C31H24FN5O3S/c32-26-11-4-5-12-27(26)35-29(38)19-40-25-10-6-7-21(17-25)18-33-37-30(39)23-15-13-22(14-16-23)28-20-41-31(36-28)34-24-8-2-1-3-9-24/h1-18,20H,19H2,(H,34,36)(H,35,38)(H,37,39)/b33-18+. The van der Waals surface area contributed by atoms with Crippen molar-refractivity contribution in [2.45, 2.75) is 0 Å². The molecule has 0 aliphatic heterocycles. The van der Waals surface area contributed by atoms with E-state index in [2.05, 4.69) is 26.1 Å². The predicted molar refractivity (Wildman–Crippen MR) is 159 cm³/mol. The number of rotatable bonds is 10. The van der Waals surface area contributed by atoms with Crippen molar-refractivity contribution in [3.63, 3.8) is 0 Å². The zero-order chi connectivity index (χ0) is 28.4. The molecule has 204 valence electrons. The molecule has 0 aliphatic carbocycles. The minimum absolute atomic E-state index is 0.0840. The predicted octanol–water partition coefficient (Wildman–Crippen LogP) is 6.47. The number of hydrogen-bond donors (Lipinski definition) is 3. The minimum atomic E-state index is -0.526. The lowest BCUT2D eigenvalue weighted by Gasteiger charge is -2.08. The number of halogens is 1. The van der Waals surface area contributed by atoms with E-state index in [0.717, 1.165) is 22.1 Å². The van der Waals surface area contributed by atoms with E-state index in [0.29, 0.717) is 16.9 Å². The minimum Gasteiger partial charge on any atom is -0.484 e. The Morgan fingerprint density at radius 1 is 0.927 bits per heavy atom. The van der Waals surface area contributed by atoms with Crippen LogP contribution in [0.4, 0.5) is 20.9 Å². The second-order valence-corrected chi connectivity index (χ2v) is 9.55. The van der Waals surface area contributed by atoms with E-state index in [1.807, 2.05) is 47.8 Å². The largest absolute Gasteiger partial charge is 0.484 e. The van der Waals surface area contributed by atoms with Crippen LogP contribution in [0.25, 0.3) is 11.3 Å². The number of thiazole rings is 1. The van der Waals surface area contributed by atoms with Gasteiger partial charge in [0, 0.05) is 22.2 Å². The number of hydrogen-bond acceptors (Lipinski definition) is 7. The highest BCUT2D eigenvalue weighted by atomic mass is 32.1. The molecule has 5 rings (SSSR count). The summed E-state index contributed by atoms with van der Waals surface area (Å²) in [6.45, 7) is -0.298. The molecule has 0 bridgehead atoms. The maximum absolute atomic E-state index is 13.7. The first-order valence-corrected chi connectivity index (χ1v) is 13.4. The van der Waals surface area contributed by atoms with Crippen molar-refractivity contribution < 1.29 is 18.7 Å². The fourth-order valence-electron chi connectivity index (χ4n) is 3.71. The molecular formula is C31H24FN5O3S. The van der Waals surface area contributed by atoms with Crippen LogP contribution in [-0.4, -0.2) is 29.6 Å². The van der Waals surface area contributed by atoms with Crippen molar-refractivity contribution >= 4 is 45.9 Å². The Bertz CT molecular complexity index is 1670. The average Bonchev–Trinajstić information content (AvgIpc) is 3.46. The van der Waals surface area contributed by atoms with E-state index in [9.17, 15) is 14.0 Å². The molecule has 0 fully saturated rings. The SMILES string of the molecule is O=C(COc1cccc(/C=N/NC(=O)c2ccc(-c3csc(Nc4ccccc4)n3)cc2)c1)Nc1ccccc1F. The zero-order valence-electron chi connectivity index (χ0n) is 21.6. The van der Waals surface area contributed by atoms with E-state index in [1.165, 1.54) is 35.8 Å². The summed E-state index contributed by atoms with van der Waals surface area (Å²) in [6, 6.07) is 29.6. The van der Waals surface area contributed by atoms with Gasteiger partial charge in [-0.25, -0.2) is 14.8 Å². The number of benzene rings is 4. The Balaban J connectivity index is 1.11. The summed E-state index contributed by atoms with van der Waals surface area (Å²) in [7, 11) is 0. The summed E-state index contributed by atoms with van der Waals surface area (Å²) in [4.78, 5) is 29.3. The second kappa shape index (κ2) is 13.1. The molecule has 0 saturated carbocycles. The number of para-hydroxylation sites is 2. The number of carbonyl (C=O) groups is 2. The van der Waals surface area contributed by atoms with Crippen molar-refractivity contribution in [3.05, 3.63) is 125 Å². The van der Waals surface area contributed by atoms with Crippen LogP contribution in [0.5, 0.6) is 5.75 Å². The van der Waals surface area contributed by atoms with E-state index < -0.39 is 11.7 Å². The highest BCUT2D eigenvalue weighted by Crippen LogP contribution is 2.27. The van der Waals surface area contributed by atoms with Crippen molar-refractivity contribution in [3.8, 4) is 17.0 Å². The molecule has 0 radical (unpaired) electrons. The number of aromatic nitrogens is 1. The lowest BCUT2D eigenvalue weighted by atomic mass is 10.1. The molecule has 0 saturated heterocycles. The van der Waals surface area contributed by atoms with Gasteiger partial charge in [0.15, 0.2) is 11.7 Å². The summed E-state index contributed by atoms with van der Waals surface area (Å²) in [5.41, 5.74) is 6.35. The van der Waals surface area contributed by atoms with Crippen molar-refractivity contribution in [2.24, 2.45) is 5.10 Å². The van der Waals surface area contributed by atoms with Gasteiger partial charge < -0.3 is 15.4 Å². The second-order valence-electron chi connectivity index (χ2n) is 8.69. The third kappa shape index (κ3) is 7.61. The van der Waals surface area contributed by atoms with Crippen molar-refractivity contribution in [1.82, 2.24) is 10.4 Å². The highest BCUT2D eigenvalue weighted by Gasteiger charge is 2.09. The summed E-state index contributed by atoms with van der Waals surface area (Å²) in [5.74, 6) is -0.966. The Kier molecular flexibility index (Phi) is 8.72. The number of ether oxygens (including phenoxy) is 1. The third-order valence-corrected chi connectivity index (χ3v) is 6.49. The molecule has 41 heavy (non-hydrogen) atoms. The lowest BCUT2D eigenvalue weighted by Crippen LogP contribution is -2.20. The van der Waals surface area contributed by atoms with Gasteiger partial charge in [-0.15, -0.1) is 11.3 Å². The van der Waals surface area contributed by atoms with Gasteiger partial charge in [0.1, 0.15) is 11.6 Å². The van der Waals surface area contributed by atoms with Crippen LogP contribution in [0, 0.1) is 5.82 Å². The van der Waals surface area contributed by atoms with Crippen LogP contribution in [0.1, 0.15) is 15.9 Å².